The summed E-state index contributed by atoms with van der Waals surface area (Å²) in [5.41, 5.74) is 2.25. The van der Waals surface area contributed by atoms with Crippen LogP contribution in [-0.4, -0.2) is 51.7 Å². The number of nitrogens with zero attached hydrogens (tertiary/aromatic N) is 1. The molecular formula is C28H24ClNO9. The number of rotatable bonds is 6. The van der Waals surface area contributed by atoms with Gasteiger partial charge in [-0.1, -0.05) is 11.6 Å². The molecule has 39 heavy (non-hydrogen) atoms. The molecule has 1 aliphatic carbocycles. The molecule has 4 atom stereocenters. The van der Waals surface area contributed by atoms with Gasteiger partial charge in [-0.05, 0) is 47.5 Å². The molecule has 11 heteroatoms. The van der Waals surface area contributed by atoms with E-state index in [1.807, 2.05) is 18.2 Å². The predicted octanol–water partition coefficient (Wildman–Crippen LogP) is 4.32. The minimum Gasteiger partial charge on any atom is -0.493 e. The van der Waals surface area contributed by atoms with E-state index < -0.39 is 35.8 Å². The highest BCUT2D eigenvalue weighted by atomic mass is 35.5. The molecule has 0 spiro atoms. The minimum atomic E-state index is -0.826. The smallest absolute Gasteiger partial charge is 0.341 e. The topological polar surface area (TPSA) is 112 Å². The lowest BCUT2D eigenvalue weighted by atomic mass is 9.66. The van der Waals surface area contributed by atoms with Gasteiger partial charge in [0.25, 0.3) is 0 Å². The highest BCUT2D eigenvalue weighted by Crippen LogP contribution is 2.56. The fraction of sp³-hybridized carbons (Fsp3) is 0.321. The average molecular weight is 554 g/mol. The van der Waals surface area contributed by atoms with Crippen LogP contribution in [0.1, 0.15) is 39.1 Å². The van der Waals surface area contributed by atoms with Crippen LogP contribution in [0.4, 0.5) is 0 Å². The third kappa shape index (κ3) is 4.06. The highest BCUT2D eigenvalue weighted by Gasteiger charge is 2.54. The number of hydrogen-bond donors (Lipinski definition) is 0. The van der Waals surface area contributed by atoms with Gasteiger partial charge in [-0.2, -0.15) is 0 Å². The zero-order valence-electron chi connectivity index (χ0n) is 21.3. The number of aromatic nitrogens is 1. The van der Waals surface area contributed by atoms with Crippen LogP contribution >= 0.6 is 11.6 Å². The van der Waals surface area contributed by atoms with E-state index in [9.17, 15) is 9.59 Å². The lowest BCUT2D eigenvalue weighted by Crippen LogP contribution is -2.36. The summed E-state index contributed by atoms with van der Waals surface area (Å²) in [6.45, 7) is 0.120. The minimum absolute atomic E-state index is 0.0230. The molecule has 0 saturated carbocycles. The van der Waals surface area contributed by atoms with Crippen molar-refractivity contribution >= 4 is 23.5 Å². The monoisotopic (exact) mass is 553 g/mol. The maximum atomic E-state index is 13.3. The number of pyridine rings is 1. The number of halogens is 1. The zero-order valence-corrected chi connectivity index (χ0v) is 22.0. The molecule has 10 nitrogen and oxygen atoms in total. The van der Waals surface area contributed by atoms with Gasteiger partial charge in [0.1, 0.15) is 11.3 Å². The van der Waals surface area contributed by atoms with Crippen LogP contribution in [0.2, 0.25) is 5.15 Å². The van der Waals surface area contributed by atoms with Gasteiger partial charge in [0.15, 0.2) is 23.0 Å². The lowest BCUT2D eigenvalue weighted by Gasteiger charge is -2.38. The number of ether oxygens (including phenoxy) is 7. The Labute approximate surface area is 228 Å². The number of carbonyl (C=O) groups is 2. The van der Waals surface area contributed by atoms with Gasteiger partial charge in [-0.15, -0.1) is 0 Å². The molecule has 1 fully saturated rings. The normalized spacial score (nSPS) is 22.4. The first kappa shape index (κ1) is 25.1. The van der Waals surface area contributed by atoms with Gasteiger partial charge in [0, 0.05) is 23.6 Å². The average Bonchev–Trinajstić information content (AvgIpc) is 3.57. The van der Waals surface area contributed by atoms with Gasteiger partial charge >= 0.3 is 11.9 Å². The van der Waals surface area contributed by atoms with E-state index in [0.29, 0.717) is 34.3 Å². The van der Waals surface area contributed by atoms with Gasteiger partial charge in [-0.25, -0.2) is 9.78 Å². The standard InChI is InChI=1S/C28H24ClNO9/c1-33-20-7-13(8-21(34-2)25(20)35-3)22-15-9-18-19(38-12-37-18)10-16(15)24(17-11-36-28(32)23(17)22)39-27(31)14-5-4-6-30-26(14)29/h4-10,17,22-24H,11-12H2,1-3H3/t17-,22+,23-,24-/m0/s1. The maximum absolute atomic E-state index is 13.3. The molecule has 3 aliphatic rings. The predicted molar refractivity (Wildman–Crippen MR) is 136 cm³/mol. The van der Waals surface area contributed by atoms with Crippen molar-refractivity contribution in [3.8, 4) is 28.7 Å². The molecule has 3 heterocycles. The first-order valence-electron chi connectivity index (χ1n) is 12.2. The second-order valence-corrected chi connectivity index (χ2v) is 9.62. The van der Waals surface area contributed by atoms with Crippen molar-refractivity contribution in [2.75, 3.05) is 34.7 Å². The molecule has 0 bridgehead atoms. The summed E-state index contributed by atoms with van der Waals surface area (Å²) in [4.78, 5) is 30.5. The highest BCUT2D eigenvalue weighted by molar-refractivity contribution is 6.32. The zero-order chi connectivity index (χ0) is 27.3. The van der Waals surface area contributed by atoms with Crippen molar-refractivity contribution in [2.45, 2.75) is 12.0 Å². The molecule has 0 radical (unpaired) electrons. The second-order valence-electron chi connectivity index (χ2n) is 9.26. The van der Waals surface area contributed by atoms with E-state index in [1.54, 1.807) is 12.1 Å². The largest absolute Gasteiger partial charge is 0.493 e. The number of methoxy groups -OCH3 is 3. The van der Waals surface area contributed by atoms with E-state index in [0.717, 1.165) is 11.1 Å². The lowest BCUT2D eigenvalue weighted by molar-refractivity contribution is -0.141. The van der Waals surface area contributed by atoms with Crippen LogP contribution in [0, 0.1) is 11.8 Å². The Balaban J connectivity index is 1.53. The van der Waals surface area contributed by atoms with Crippen molar-refractivity contribution < 1.29 is 42.7 Å². The number of hydrogen-bond acceptors (Lipinski definition) is 10. The Kier molecular flexibility index (Phi) is 6.34. The van der Waals surface area contributed by atoms with E-state index in [2.05, 4.69) is 4.98 Å². The maximum Gasteiger partial charge on any atom is 0.341 e. The summed E-state index contributed by atoms with van der Waals surface area (Å²) in [5.74, 6) is -0.381. The molecule has 0 unspecified atom stereocenters. The Morgan fingerprint density at radius 2 is 1.67 bits per heavy atom. The van der Waals surface area contributed by atoms with Crippen LogP contribution in [0.5, 0.6) is 28.7 Å². The number of cyclic esters (lactones) is 1. The molecule has 6 rings (SSSR count). The Morgan fingerprint density at radius 1 is 0.974 bits per heavy atom. The summed E-state index contributed by atoms with van der Waals surface area (Å²) in [7, 11) is 4.58. The number of benzene rings is 2. The molecule has 2 aromatic carbocycles. The number of carbonyl (C=O) groups excluding carboxylic acids is 2. The Bertz CT molecular complexity index is 1450. The van der Waals surface area contributed by atoms with Gasteiger partial charge in [0.05, 0.1) is 39.4 Å². The van der Waals surface area contributed by atoms with Crippen molar-refractivity contribution in [1.82, 2.24) is 4.98 Å². The SMILES string of the molecule is COc1cc([C@@H]2c3cc4c(cc3[C@H](OC(=O)c3cccnc3Cl)[C@H]3COC(=O)[C@H]23)OCO4)cc(OC)c1OC. The van der Waals surface area contributed by atoms with Gasteiger partial charge in [0.2, 0.25) is 12.5 Å². The fourth-order valence-electron chi connectivity index (χ4n) is 5.66. The van der Waals surface area contributed by atoms with Crippen LogP contribution in [0.25, 0.3) is 0 Å². The van der Waals surface area contributed by atoms with E-state index in [4.69, 9.17) is 44.8 Å². The first-order valence-corrected chi connectivity index (χ1v) is 12.5. The number of fused-ring (bicyclic) bond motifs is 3. The van der Waals surface area contributed by atoms with Crippen molar-refractivity contribution in [3.63, 3.8) is 0 Å². The summed E-state index contributed by atoms with van der Waals surface area (Å²) in [6, 6.07) is 10.4. The molecular weight excluding hydrogens is 530 g/mol. The number of esters is 2. The van der Waals surface area contributed by atoms with Gasteiger partial charge < -0.3 is 33.2 Å². The van der Waals surface area contributed by atoms with Crippen LogP contribution < -0.4 is 23.7 Å². The molecule has 0 N–H and O–H groups in total. The second kappa shape index (κ2) is 9.85. The first-order chi connectivity index (χ1) is 18.9. The van der Waals surface area contributed by atoms with Crippen molar-refractivity contribution in [3.05, 3.63) is 70.0 Å². The quantitative estimate of drug-likeness (QED) is 0.323. The van der Waals surface area contributed by atoms with Crippen LogP contribution in [0.15, 0.2) is 42.6 Å². The third-order valence-corrected chi connectivity index (χ3v) is 7.68. The fourth-order valence-corrected chi connectivity index (χ4v) is 5.86. The summed E-state index contributed by atoms with van der Waals surface area (Å²) >= 11 is 6.17. The Morgan fingerprint density at radius 3 is 2.31 bits per heavy atom. The summed E-state index contributed by atoms with van der Waals surface area (Å²) < 4.78 is 39.6. The molecule has 1 aromatic heterocycles. The molecule has 0 amide bonds. The van der Waals surface area contributed by atoms with E-state index >= 15 is 0 Å². The van der Waals surface area contributed by atoms with Crippen LogP contribution in [-0.2, 0) is 14.3 Å². The Hall–Kier alpha value is -4.18. The summed E-state index contributed by atoms with van der Waals surface area (Å²) in [5, 5.41) is 0.0230. The molecule has 202 valence electrons. The van der Waals surface area contributed by atoms with Gasteiger partial charge in [-0.3, -0.25) is 4.79 Å². The molecule has 1 saturated heterocycles. The van der Waals surface area contributed by atoms with Crippen molar-refractivity contribution in [2.24, 2.45) is 11.8 Å². The van der Waals surface area contributed by atoms with E-state index in [1.165, 1.54) is 33.6 Å². The third-order valence-electron chi connectivity index (χ3n) is 7.38. The molecule has 2 aliphatic heterocycles. The molecule has 3 aromatic rings. The van der Waals surface area contributed by atoms with Crippen LogP contribution in [0.3, 0.4) is 0 Å². The van der Waals surface area contributed by atoms with E-state index in [-0.39, 0.29) is 24.1 Å². The summed E-state index contributed by atoms with van der Waals surface area (Å²) in [6.07, 6.45) is 0.657. The van der Waals surface area contributed by atoms with Crippen molar-refractivity contribution in [1.29, 1.82) is 0 Å².